The molecule has 0 fully saturated rings. The largest absolute Gasteiger partial charge is 0.480 e. The minimum Gasteiger partial charge on any atom is -0.480 e. The van der Waals surface area contributed by atoms with Crippen LogP contribution in [0.2, 0.25) is 0 Å². The van der Waals surface area contributed by atoms with E-state index >= 15 is 0 Å². The fourth-order valence-electron chi connectivity index (χ4n) is 1.50. The molecule has 1 amide bonds. The Kier molecular flexibility index (Phi) is 4.28. The van der Waals surface area contributed by atoms with Gasteiger partial charge < -0.3 is 10.0 Å². The van der Waals surface area contributed by atoms with E-state index in [9.17, 15) is 9.59 Å². The molecule has 0 atom stereocenters. The van der Waals surface area contributed by atoms with Crippen molar-refractivity contribution in [2.75, 3.05) is 13.1 Å². The van der Waals surface area contributed by atoms with Gasteiger partial charge in [0, 0.05) is 11.9 Å². The predicted molar refractivity (Wildman–Crippen MR) is 67.3 cm³/mol. The summed E-state index contributed by atoms with van der Waals surface area (Å²) in [7, 11) is 0. The molecule has 0 aliphatic rings. The Morgan fingerprint density at radius 2 is 2.06 bits per heavy atom. The number of carboxylic acid groups (broad SMARTS) is 1. The maximum Gasteiger partial charge on any atom is 0.323 e. The van der Waals surface area contributed by atoms with Crippen molar-refractivity contribution in [3.8, 4) is 0 Å². The van der Waals surface area contributed by atoms with Gasteiger partial charge in [-0.3, -0.25) is 9.59 Å². The van der Waals surface area contributed by atoms with Crippen LogP contribution in [-0.2, 0) is 4.79 Å². The van der Waals surface area contributed by atoms with Gasteiger partial charge in [0.2, 0.25) is 0 Å². The van der Waals surface area contributed by atoms with Crippen LogP contribution in [0.5, 0.6) is 0 Å². The summed E-state index contributed by atoms with van der Waals surface area (Å²) >= 11 is 1.43. The molecule has 94 valence electrons. The van der Waals surface area contributed by atoms with E-state index < -0.39 is 5.97 Å². The normalized spacial score (nSPS) is 11.2. The van der Waals surface area contributed by atoms with Crippen molar-refractivity contribution in [3.63, 3.8) is 0 Å². The summed E-state index contributed by atoms with van der Waals surface area (Å²) in [6.45, 7) is 6.09. The zero-order valence-electron chi connectivity index (χ0n) is 10.3. The molecule has 1 aromatic heterocycles. The molecular formula is C12H17NO3S. The van der Waals surface area contributed by atoms with Gasteiger partial charge in [-0.15, -0.1) is 0 Å². The lowest BCUT2D eigenvalue weighted by molar-refractivity contribution is -0.138. The van der Waals surface area contributed by atoms with Crippen LogP contribution >= 0.6 is 11.3 Å². The third-order valence-electron chi connectivity index (χ3n) is 2.05. The Bertz CT molecular complexity index is 392. The van der Waals surface area contributed by atoms with Gasteiger partial charge in [-0.05, 0) is 16.9 Å². The molecule has 5 heteroatoms. The summed E-state index contributed by atoms with van der Waals surface area (Å²) in [5, 5.41) is 12.4. The van der Waals surface area contributed by atoms with Crippen LogP contribution in [0.25, 0.3) is 0 Å². The standard InChI is InChI=1S/C12H17NO3S/c1-12(2,3)8-13(6-10(14)15)11(16)9-4-5-17-7-9/h4-5,7H,6,8H2,1-3H3,(H,14,15). The monoisotopic (exact) mass is 255 g/mol. The molecule has 1 heterocycles. The highest BCUT2D eigenvalue weighted by Gasteiger charge is 2.24. The van der Waals surface area contributed by atoms with E-state index in [0.717, 1.165) is 0 Å². The molecule has 0 saturated carbocycles. The Hall–Kier alpha value is -1.36. The average Bonchev–Trinajstić information content (AvgIpc) is 2.65. The minimum atomic E-state index is -0.988. The second kappa shape index (κ2) is 5.31. The third kappa shape index (κ3) is 4.56. The van der Waals surface area contributed by atoms with Gasteiger partial charge in [0.1, 0.15) is 6.54 Å². The summed E-state index contributed by atoms with van der Waals surface area (Å²) in [6, 6.07) is 1.71. The molecule has 17 heavy (non-hydrogen) atoms. The van der Waals surface area contributed by atoms with Crippen LogP contribution < -0.4 is 0 Å². The Morgan fingerprint density at radius 1 is 1.41 bits per heavy atom. The molecule has 0 saturated heterocycles. The molecule has 0 aliphatic carbocycles. The summed E-state index contributed by atoms with van der Waals surface area (Å²) < 4.78 is 0. The maximum absolute atomic E-state index is 12.1. The van der Waals surface area contributed by atoms with Crippen LogP contribution in [0.4, 0.5) is 0 Å². The van der Waals surface area contributed by atoms with Crippen LogP contribution in [-0.4, -0.2) is 35.0 Å². The number of aliphatic carboxylic acids is 1. The lowest BCUT2D eigenvalue weighted by Crippen LogP contribution is -2.40. The van der Waals surface area contributed by atoms with Gasteiger partial charge in [-0.25, -0.2) is 0 Å². The minimum absolute atomic E-state index is 0.124. The second-order valence-electron chi connectivity index (χ2n) is 5.13. The molecule has 0 radical (unpaired) electrons. The smallest absolute Gasteiger partial charge is 0.323 e. The molecule has 0 aromatic carbocycles. The molecule has 1 aromatic rings. The number of nitrogens with zero attached hydrogens (tertiary/aromatic N) is 1. The first-order valence-electron chi connectivity index (χ1n) is 5.33. The second-order valence-corrected chi connectivity index (χ2v) is 5.91. The first-order chi connectivity index (χ1) is 7.79. The van der Waals surface area contributed by atoms with Crippen molar-refractivity contribution >= 4 is 23.2 Å². The van der Waals surface area contributed by atoms with Crippen molar-refractivity contribution in [2.45, 2.75) is 20.8 Å². The highest BCUT2D eigenvalue weighted by Crippen LogP contribution is 2.18. The van der Waals surface area contributed by atoms with E-state index in [2.05, 4.69) is 0 Å². The number of hydrogen-bond acceptors (Lipinski definition) is 3. The molecule has 4 nitrogen and oxygen atoms in total. The van der Waals surface area contributed by atoms with E-state index in [1.54, 1.807) is 11.4 Å². The van der Waals surface area contributed by atoms with E-state index in [4.69, 9.17) is 5.11 Å². The van der Waals surface area contributed by atoms with Gasteiger partial charge in [-0.1, -0.05) is 20.8 Å². The fourth-order valence-corrected chi connectivity index (χ4v) is 2.13. The van der Waals surface area contributed by atoms with Gasteiger partial charge in [-0.2, -0.15) is 11.3 Å². The van der Waals surface area contributed by atoms with Crippen LogP contribution in [0.3, 0.4) is 0 Å². The number of rotatable bonds is 4. The third-order valence-corrected chi connectivity index (χ3v) is 2.73. The molecule has 0 spiro atoms. The first kappa shape index (κ1) is 13.7. The molecular weight excluding hydrogens is 238 g/mol. The summed E-state index contributed by atoms with van der Waals surface area (Å²) in [5.74, 6) is -1.21. The lowest BCUT2D eigenvalue weighted by atomic mass is 9.96. The van der Waals surface area contributed by atoms with E-state index in [1.165, 1.54) is 16.2 Å². The quantitative estimate of drug-likeness (QED) is 0.898. The van der Waals surface area contributed by atoms with Gasteiger partial charge in [0.25, 0.3) is 5.91 Å². The first-order valence-corrected chi connectivity index (χ1v) is 6.27. The molecule has 0 aliphatic heterocycles. The lowest BCUT2D eigenvalue weighted by Gasteiger charge is -2.28. The molecule has 0 bridgehead atoms. The summed E-state index contributed by atoms with van der Waals surface area (Å²) in [6.07, 6.45) is 0. The zero-order valence-corrected chi connectivity index (χ0v) is 11.1. The zero-order chi connectivity index (χ0) is 13.1. The predicted octanol–water partition coefficient (Wildman–Crippen LogP) is 2.32. The van der Waals surface area contributed by atoms with Crippen molar-refractivity contribution in [1.82, 2.24) is 4.90 Å². The van der Waals surface area contributed by atoms with Crippen molar-refractivity contribution in [1.29, 1.82) is 0 Å². The molecule has 1 rings (SSSR count). The number of amides is 1. The van der Waals surface area contributed by atoms with Crippen LogP contribution in [0.15, 0.2) is 16.8 Å². The highest BCUT2D eigenvalue weighted by atomic mass is 32.1. The molecule has 1 N–H and O–H groups in total. The Morgan fingerprint density at radius 3 is 2.47 bits per heavy atom. The van der Waals surface area contributed by atoms with E-state index in [1.807, 2.05) is 26.2 Å². The number of carbonyl (C=O) groups is 2. The summed E-state index contributed by atoms with van der Waals surface area (Å²) in [5.41, 5.74) is 0.432. The van der Waals surface area contributed by atoms with Crippen molar-refractivity contribution in [2.24, 2.45) is 5.41 Å². The summed E-state index contributed by atoms with van der Waals surface area (Å²) in [4.78, 5) is 24.2. The van der Waals surface area contributed by atoms with Crippen LogP contribution in [0, 0.1) is 5.41 Å². The molecule has 0 unspecified atom stereocenters. The number of carboxylic acids is 1. The Balaban J connectivity index is 2.83. The van der Waals surface area contributed by atoms with E-state index in [-0.39, 0.29) is 17.9 Å². The SMILES string of the molecule is CC(C)(C)CN(CC(=O)O)C(=O)c1ccsc1. The maximum atomic E-state index is 12.1. The number of hydrogen-bond donors (Lipinski definition) is 1. The fraction of sp³-hybridized carbons (Fsp3) is 0.500. The van der Waals surface area contributed by atoms with Gasteiger partial charge in [0.05, 0.1) is 5.56 Å². The number of thiophene rings is 1. The van der Waals surface area contributed by atoms with Crippen molar-refractivity contribution in [3.05, 3.63) is 22.4 Å². The average molecular weight is 255 g/mol. The van der Waals surface area contributed by atoms with Crippen molar-refractivity contribution < 1.29 is 14.7 Å². The van der Waals surface area contributed by atoms with Gasteiger partial charge in [0.15, 0.2) is 0 Å². The van der Waals surface area contributed by atoms with Crippen LogP contribution in [0.1, 0.15) is 31.1 Å². The highest BCUT2D eigenvalue weighted by molar-refractivity contribution is 7.08. The van der Waals surface area contributed by atoms with Gasteiger partial charge >= 0.3 is 5.97 Å². The topological polar surface area (TPSA) is 57.6 Å². The Labute approximate surface area is 105 Å². The van der Waals surface area contributed by atoms with E-state index in [0.29, 0.717) is 12.1 Å². The number of carbonyl (C=O) groups excluding carboxylic acids is 1.